The molecular formula is C66H129NO3. The lowest BCUT2D eigenvalue weighted by molar-refractivity contribution is -0.123. The molecule has 0 aromatic carbocycles. The Morgan fingerprint density at radius 3 is 0.857 bits per heavy atom. The Bertz CT molecular complexity index is 1020. The van der Waals surface area contributed by atoms with Crippen LogP contribution in [0.15, 0.2) is 24.3 Å². The normalized spacial score (nSPS) is 12.8. The van der Waals surface area contributed by atoms with Gasteiger partial charge in [0.2, 0.25) is 5.91 Å². The maximum Gasteiger partial charge on any atom is 0.220 e. The molecular weight excluding hydrogens is 855 g/mol. The van der Waals surface area contributed by atoms with Crippen LogP contribution in [0.4, 0.5) is 0 Å². The third kappa shape index (κ3) is 57.8. The standard InChI is InChI=1S/C66H129NO3/c1-3-5-7-9-11-13-15-17-19-21-23-25-27-29-30-31-32-33-34-35-36-38-40-42-44-46-48-50-52-54-56-58-60-62-66(70)67-64(63-68)65(69)61-59-57-55-53-51-49-47-45-43-41-39-37-28-26-24-22-20-18-16-14-12-10-8-6-4-2/h15,17,21,23,64-65,68-69H,3-14,16,18-20,22,24-63H2,1-2H3,(H,67,70)/b17-15-,23-21-. The van der Waals surface area contributed by atoms with Crippen LogP contribution in [0.5, 0.6) is 0 Å². The molecule has 0 aliphatic carbocycles. The lowest BCUT2D eigenvalue weighted by Crippen LogP contribution is -2.45. The van der Waals surface area contributed by atoms with E-state index in [1.165, 1.54) is 315 Å². The summed E-state index contributed by atoms with van der Waals surface area (Å²) in [7, 11) is 0. The summed E-state index contributed by atoms with van der Waals surface area (Å²) in [6, 6.07) is -0.535. The molecule has 0 bridgehead atoms. The van der Waals surface area contributed by atoms with Crippen molar-refractivity contribution in [3.05, 3.63) is 24.3 Å². The predicted molar refractivity (Wildman–Crippen MR) is 313 cm³/mol. The number of unbranched alkanes of at least 4 members (excludes halogenated alkanes) is 50. The molecule has 416 valence electrons. The van der Waals surface area contributed by atoms with Gasteiger partial charge in [-0.25, -0.2) is 0 Å². The molecule has 4 heteroatoms. The lowest BCUT2D eigenvalue weighted by Gasteiger charge is -2.22. The molecule has 0 saturated carbocycles. The van der Waals surface area contributed by atoms with Gasteiger partial charge >= 0.3 is 0 Å². The molecule has 2 atom stereocenters. The zero-order valence-corrected chi connectivity index (χ0v) is 48.1. The smallest absolute Gasteiger partial charge is 0.220 e. The summed E-state index contributed by atoms with van der Waals surface area (Å²) in [5.74, 6) is -0.0225. The van der Waals surface area contributed by atoms with Gasteiger partial charge < -0.3 is 15.5 Å². The van der Waals surface area contributed by atoms with Crippen molar-refractivity contribution in [1.82, 2.24) is 5.32 Å². The second-order valence-corrected chi connectivity index (χ2v) is 22.5. The molecule has 2 unspecified atom stereocenters. The molecule has 0 heterocycles. The van der Waals surface area contributed by atoms with E-state index in [0.717, 1.165) is 32.1 Å². The second-order valence-electron chi connectivity index (χ2n) is 22.5. The molecule has 0 radical (unpaired) electrons. The van der Waals surface area contributed by atoms with Crippen molar-refractivity contribution >= 4 is 5.91 Å². The summed E-state index contributed by atoms with van der Waals surface area (Å²) >= 11 is 0. The highest BCUT2D eigenvalue weighted by atomic mass is 16.3. The summed E-state index contributed by atoms with van der Waals surface area (Å²) in [6.07, 6.45) is 83.5. The van der Waals surface area contributed by atoms with Gasteiger partial charge in [-0.3, -0.25) is 4.79 Å². The van der Waals surface area contributed by atoms with Gasteiger partial charge in [-0.2, -0.15) is 0 Å². The minimum atomic E-state index is -0.658. The van der Waals surface area contributed by atoms with Crippen molar-refractivity contribution in [2.75, 3.05) is 6.61 Å². The fraction of sp³-hybridized carbons (Fsp3) is 0.924. The minimum absolute atomic E-state index is 0.0225. The maximum absolute atomic E-state index is 12.5. The number of carbonyl (C=O) groups excluding carboxylic acids is 1. The molecule has 4 nitrogen and oxygen atoms in total. The monoisotopic (exact) mass is 984 g/mol. The number of allylic oxidation sites excluding steroid dienone is 4. The molecule has 0 aliphatic heterocycles. The van der Waals surface area contributed by atoms with Crippen molar-refractivity contribution < 1.29 is 15.0 Å². The fourth-order valence-corrected chi connectivity index (χ4v) is 10.5. The van der Waals surface area contributed by atoms with E-state index in [2.05, 4.69) is 43.5 Å². The first-order valence-electron chi connectivity index (χ1n) is 32.5. The number of amides is 1. The quantitative estimate of drug-likeness (QED) is 0.0420. The van der Waals surface area contributed by atoms with Crippen LogP contribution >= 0.6 is 0 Å². The van der Waals surface area contributed by atoms with E-state index in [1.807, 2.05) is 0 Å². The third-order valence-electron chi connectivity index (χ3n) is 15.5. The molecule has 0 spiro atoms. The van der Waals surface area contributed by atoms with Crippen LogP contribution in [0.25, 0.3) is 0 Å². The van der Waals surface area contributed by atoms with Gasteiger partial charge in [0.25, 0.3) is 0 Å². The van der Waals surface area contributed by atoms with Crippen LogP contribution in [0.1, 0.15) is 373 Å². The van der Waals surface area contributed by atoms with Gasteiger partial charge in [-0.15, -0.1) is 0 Å². The van der Waals surface area contributed by atoms with Gasteiger partial charge in [0.1, 0.15) is 0 Å². The van der Waals surface area contributed by atoms with Gasteiger partial charge in [0.05, 0.1) is 18.8 Å². The molecule has 70 heavy (non-hydrogen) atoms. The van der Waals surface area contributed by atoms with Crippen LogP contribution < -0.4 is 5.32 Å². The molecule has 0 fully saturated rings. The van der Waals surface area contributed by atoms with Crippen LogP contribution in [0.2, 0.25) is 0 Å². The number of rotatable bonds is 61. The number of aliphatic hydroxyl groups is 2. The van der Waals surface area contributed by atoms with Gasteiger partial charge in [-0.05, 0) is 44.9 Å². The molecule has 3 N–H and O–H groups in total. The summed E-state index contributed by atoms with van der Waals surface area (Å²) in [6.45, 7) is 4.39. The van der Waals surface area contributed by atoms with Crippen molar-refractivity contribution in [1.29, 1.82) is 0 Å². The van der Waals surface area contributed by atoms with Gasteiger partial charge in [0, 0.05) is 6.42 Å². The van der Waals surface area contributed by atoms with E-state index < -0.39 is 12.1 Å². The van der Waals surface area contributed by atoms with Gasteiger partial charge in [-0.1, -0.05) is 346 Å². The highest BCUT2D eigenvalue weighted by Crippen LogP contribution is 2.19. The minimum Gasteiger partial charge on any atom is -0.394 e. The molecule has 0 saturated heterocycles. The van der Waals surface area contributed by atoms with Crippen LogP contribution in [-0.4, -0.2) is 34.9 Å². The highest BCUT2D eigenvalue weighted by Gasteiger charge is 2.20. The topological polar surface area (TPSA) is 69.6 Å². The van der Waals surface area contributed by atoms with Crippen molar-refractivity contribution in [2.24, 2.45) is 0 Å². The van der Waals surface area contributed by atoms with E-state index in [1.54, 1.807) is 0 Å². The number of nitrogens with one attached hydrogen (secondary N) is 1. The van der Waals surface area contributed by atoms with Crippen molar-refractivity contribution in [3.8, 4) is 0 Å². The third-order valence-corrected chi connectivity index (χ3v) is 15.5. The molecule has 0 rings (SSSR count). The number of hydrogen-bond donors (Lipinski definition) is 3. The Kier molecular flexibility index (Phi) is 61.2. The SMILES string of the molecule is CCCCCCC/C=C\C/C=C\CCCCCCCCCCCCCCCCCCCCCCCC(=O)NC(CO)C(O)CCCCCCCCCCCCCCCCCCCCCCCCCCC. The Labute approximate surface area is 440 Å². The largest absolute Gasteiger partial charge is 0.394 e. The first-order valence-corrected chi connectivity index (χ1v) is 32.5. The molecule has 0 aromatic rings. The van der Waals surface area contributed by atoms with E-state index in [0.29, 0.717) is 12.8 Å². The predicted octanol–water partition coefficient (Wildman–Crippen LogP) is 21.8. The lowest BCUT2D eigenvalue weighted by atomic mass is 10.0. The van der Waals surface area contributed by atoms with E-state index in [9.17, 15) is 15.0 Å². The van der Waals surface area contributed by atoms with Gasteiger partial charge in [0.15, 0.2) is 0 Å². The maximum atomic E-state index is 12.5. The fourth-order valence-electron chi connectivity index (χ4n) is 10.5. The second kappa shape index (κ2) is 62.2. The zero-order valence-electron chi connectivity index (χ0n) is 48.1. The van der Waals surface area contributed by atoms with E-state index in [4.69, 9.17) is 0 Å². The van der Waals surface area contributed by atoms with Crippen molar-refractivity contribution in [3.63, 3.8) is 0 Å². The Morgan fingerprint density at radius 2 is 0.586 bits per heavy atom. The highest BCUT2D eigenvalue weighted by molar-refractivity contribution is 5.76. The van der Waals surface area contributed by atoms with Crippen molar-refractivity contribution in [2.45, 2.75) is 386 Å². The molecule has 0 aromatic heterocycles. The van der Waals surface area contributed by atoms with E-state index in [-0.39, 0.29) is 12.5 Å². The number of carbonyl (C=O) groups is 1. The van der Waals surface area contributed by atoms with Crippen LogP contribution in [0.3, 0.4) is 0 Å². The zero-order chi connectivity index (χ0) is 50.6. The summed E-state index contributed by atoms with van der Waals surface area (Å²) in [4.78, 5) is 12.5. The Balaban J connectivity index is 3.39. The summed E-state index contributed by atoms with van der Waals surface area (Å²) in [5.41, 5.74) is 0. The van der Waals surface area contributed by atoms with Crippen LogP contribution in [-0.2, 0) is 4.79 Å². The van der Waals surface area contributed by atoms with E-state index >= 15 is 0 Å². The number of hydrogen-bond acceptors (Lipinski definition) is 3. The average Bonchev–Trinajstić information content (AvgIpc) is 3.36. The average molecular weight is 985 g/mol. The first-order chi connectivity index (χ1) is 34.7. The number of aliphatic hydroxyl groups excluding tert-OH is 2. The Morgan fingerprint density at radius 1 is 0.343 bits per heavy atom. The molecule has 1 amide bonds. The summed E-state index contributed by atoms with van der Waals surface area (Å²) in [5, 5.41) is 23.4. The Hall–Kier alpha value is -1.13. The van der Waals surface area contributed by atoms with Crippen LogP contribution in [0, 0.1) is 0 Å². The summed E-state index contributed by atoms with van der Waals surface area (Å²) < 4.78 is 0. The first kappa shape index (κ1) is 68.9. The molecule has 0 aliphatic rings.